The summed E-state index contributed by atoms with van der Waals surface area (Å²) in [6.45, 7) is -0.852. The molecule has 4 aliphatic rings. The number of amides is 3. The molecule has 18 nitrogen and oxygen atoms in total. The normalized spacial score (nSPS) is 43.7. The third-order valence-electron chi connectivity index (χ3n) is 8.15. The summed E-state index contributed by atoms with van der Waals surface area (Å²) in [6, 6.07) is -3.68. The summed E-state index contributed by atoms with van der Waals surface area (Å²) in [6.07, 6.45) is -10.2. The molecule has 244 valence electrons. The predicted octanol–water partition coefficient (Wildman–Crippen LogP) is -6.82. The second-order valence-electron chi connectivity index (χ2n) is 11.3. The number of hydrogen-bond donors (Lipinski definition) is 10. The Balaban J connectivity index is 1.33. The smallest absolute Gasteiger partial charge is 0.253 e. The largest absolute Gasteiger partial charge is 0.394 e. The van der Waals surface area contributed by atoms with Gasteiger partial charge in [0.05, 0.1) is 24.8 Å². The third kappa shape index (κ3) is 7.56. The minimum absolute atomic E-state index is 0.0238. The van der Waals surface area contributed by atoms with Crippen molar-refractivity contribution in [3.63, 3.8) is 0 Å². The van der Waals surface area contributed by atoms with Gasteiger partial charge in [-0.25, -0.2) is 0 Å². The molecule has 1 aliphatic carbocycles. The maximum atomic E-state index is 12.3. The molecule has 0 aromatic rings. The average molecular weight is 619 g/mol. The highest BCUT2D eigenvalue weighted by molar-refractivity contribution is 6.13. The van der Waals surface area contributed by atoms with Crippen LogP contribution in [0.3, 0.4) is 0 Å². The van der Waals surface area contributed by atoms with E-state index in [1.54, 1.807) is 0 Å². The van der Waals surface area contributed by atoms with Gasteiger partial charge in [0.2, 0.25) is 5.91 Å². The molecule has 43 heavy (non-hydrogen) atoms. The molecule has 3 heterocycles. The number of imide groups is 1. The maximum Gasteiger partial charge on any atom is 0.253 e. The molecule has 3 fully saturated rings. The molecule has 18 heteroatoms. The number of carbonyl (C=O) groups excluding carboxylic acids is 3. The van der Waals surface area contributed by atoms with Crippen LogP contribution in [0.5, 0.6) is 0 Å². The van der Waals surface area contributed by atoms with Crippen molar-refractivity contribution in [2.45, 2.75) is 105 Å². The van der Waals surface area contributed by atoms with Crippen LogP contribution < -0.4 is 28.3 Å². The minimum Gasteiger partial charge on any atom is -0.394 e. The van der Waals surface area contributed by atoms with Gasteiger partial charge in [0.1, 0.15) is 42.7 Å². The number of ether oxygens (including phenoxy) is 4. The second kappa shape index (κ2) is 14.3. The van der Waals surface area contributed by atoms with E-state index in [9.17, 15) is 39.9 Å². The molecule has 0 radical (unpaired) electrons. The maximum absolute atomic E-state index is 12.3. The van der Waals surface area contributed by atoms with E-state index in [2.05, 4.69) is 5.32 Å². The van der Waals surface area contributed by atoms with Gasteiger partial charge in [0, 0.05) is 43.7 Å². The molecule has 0 aromatic heterocycles. The van der Waals surface area contributed by atoms with E-state index in [0.29, 0.717) is 0 Å². The van der Waals surface area contributed by atoms with Gasteiger partial charge in [-0.1, -0.05) is 0 Å². The van der Waals surface area contributed by atoms with Crippen molar-refractivity contribution < 1.29 is 58.9 Å². The minimum atomic E-state index is -1.51. The monoisotopic (exact) mass is 618 g/mol. The van der Waals surface area contributed by atoms with Crippen LogP contribution in [-0.2, 0) is 33.3 Å². The molecular weight excluding hydrogens is 576 g/mol. The van der Waals surface area contributed by atoms with E-state index >= 15 is 0 Å². The quantitative estimate of drug-likeness (QED) is 0.102. The van der Waals surface area contributed by atoms with E-state index in [1.807, 2.05) is 0 Å². The summed E-state index contributed by atoms with van der Waals surface area (Å²) < 4.78 is 23.1. The highest BCUT2D eigenvalue weighted by Crippen LogP contribution is 2.31. The number of nitrogens with zero attached hydrogens (tertiary/aromatic N) is 1. The standard InChI is InChI=1S/C25H42N6O12/c26-9-5-10(27)23(43-25-20(38)18(29)19(37)14(8-32)41-25)21(39)22(9)42-24-11(28)6-12(33)13(40-24)7-30-15(34)3-4-31-16(35)1-2-17(31)36/h1-2,9-14,18-25,32-33,37-39H,3-8,26-29H2,(H,30,34)/t9-,10+,11+,12-,13+,14+,18-,19+,20+,21-,22+,23-,24+,25+/m0/s1. The lowest BCUT2D eigenvalue weighted by Gasteiger charge is -2.47. The van der Waals surface area contributed by atoms with Crippen LogP contribution >= 0.6 is 0 Å². The fourth-order valence-corrected chi connectivity index (χ4v) is 5.57. The van der Waals surface area contributed by atoms with Crippen LogP contribution in [0, 0.1) is 0 Å². The summed E-state index contributed by atoms with van der Waals surface area (Å²) in [5, 5.41) is 54.3. The molecule has 3 amide bonds. The van der Waals surface area contributed by atoms with Crippen molar-refractivity contribution >= 4 is 17.7 Å². The SMILES string of the molecule is N[C@@H]1[C@@H](O)[C@@H](O[C@@H]2[C@@H](O)[C@H](O[C@H]3O[C@H](CNC(=O)CCN4C(=O)C=CC4=O)[C@@H](O)C[C@H]3N)[C@@H](N)C[C@H]2N)O[C@H](CO)[C@H]1O. The van der Waals surface area contributed by atoms with E-state index in [-0.39, 0.29) is 32.4 Å². The zero-order valence-corrected chi connectivity index (χ0v) is 23.3. The van der Waals surface area contributed by atoms with Crippen LogP contribution in [0.25, 0.3) is 0 Å². The first-order valence-corrected chi connectivity index (χ1v) is 14.1. The highest BCUT2D eigenvalue weighted by atomic mass is 16.7. The summed E-state index contributed by atoms with van der Waals surface area (Å²) in [4.78, 5) is 36.6. The van der Waals surface area contributed by atoms with E-state index < -0.39 is 110 Å². The number of nitrogens with two attached hydrogens (primary N) is 4. The number of aliphatic hydroxyl groups is 5. The Bertz CT molecular complexity index is 1020. The van der Waals surface area contributed by atoms with Crippen molar-refractivity contribution in [3.05, 3.63) is 12.2 Å². The predicted molar refractivity (Wildman–Crippen MR) is 143 cm³/mol. The number of nitrogens with one attached hydrogen (secondary N) is 1. The van der Waals surface area contributed by atoms with Crippen LogP contribution in [0.2, 0.25) is 0 Å². The molecule has 0 spiro atoms. The fourth-order valence-electron chi connectivity index (χ4n) is 5.57. The molecular formula is C25H42N6O12. The number of hydrogen-bond acceptors (Lipinski definition) is 16. The molecule has 2 saturated heterocycles. The Morgan fingerprint density at radius 2 is 1.44 bits per heavy atom. The summed E-state index contributed by atoms with van der Waals surface area (Å²) in [5.41, 5.74) is 24.5. The molecule has 0 bridgehead atoms. The van der Waals surface area contributed by atoms with Gasteiger partial charge >= 0.3 is 0 Å². The van der Waals surface area contributed by atoms with Crippen molar-refractivity contribution in [2.24, 2.45) is 22.9 Å². The second-order valence-corrected chi connectivity index (χ2v) is 11.3. The molecule has 14 atom stereocenters. The summed E-state index contributed by atoms with van der Waals surface area (Å²) in [7, 11) is 0. The lowest BCUT2D eigenvalue weighted by molar-refractivity contribution is -0.315. The molecule has 3 aliphatic heterocycles. The Morgan fingerprint density at radius 1 is 0.860 bits per heavy atom. The molecule has 14 N–H and O–H groups in total. The number of carbonyl (C=O) groups is 3. The Morgan fingerprint density at radius 3 is 2.05 bits per heavy atom. The van der Waals surface area contributed by atoms with Gasteiger partial charge < -0.3 is 72.7 Å². The van der Waals surface area contributed by atoms with Gasteiger partial charge in [0.25, 0.3) is 11.8 Å². The first-order chi connectivity index (χ1) is 20.3. The van der Waals surface area contributed by atoms with Crippen molar-refractivity contribution in [2.75, 3.05) is 19.7 Å². The topological polar surface area (TPSA) is 309 Å². The van der Waals surface area contributed by atoms with Gasteiger partial charge in [-0.3, -0.25) is 19.3 Å². The number of aliphatic hydroxyl groups excluding tert-OH is 5. The first-order valence-electron chi connectivity index (χ1n) is 14.1. The average Bonchev–Trinajstić information content (AvgIpc) is 3.28. The van der Waals surface area contributed by atoms with Crippen LogP contribution in [0.4, 0.5) is 0 Å². The van der Waals surface area contributed by atoms with E-state index in [0.717, 1.165) is 17.1 Å². The van der Waals surface area contributed by atoms with Gasteiger partial charge in [-0.2, -0.15) is 0 Å². The zero-order chi connectivity index (χ0) is 31.6. The third-order valence-corrected chi connectivity index (χ3v) is 8.15. The van der Waals surface area contributed by atoms with Crippen LogP contribution in [0.15, 0.2) is 12.2 Å². The summed E-state index contributed by atoms with van der Waals surface area (Å²) >= 11 is 0. The van der Waals surface area contributed by atoms with Crippen molar-refractivity contribution in [3.8, 4) is 0 Å². The molecule has 4 rings (SSSR count). The summed E-state index contributed by atoms with van der Waals surface area (Å²) in [5.74, 6) is -1.50. The Hall–Kier alpha value is -2.17. The van der Waals surface area contributed by atoms with E-state index in [1.165, 1.54) is 0 Å². The Labute approximate surface area is 246 Å². The lowest BCUT2D eigenvalue weighted by Crippen LogP contribution is -2.68. The first kappa shape index (κ1) is 33.7. The van der Waals surface area contributed by atoms with Gasteiger partial charge in [-0.15, -0.1) is 0 Å². The molecule has 1 saturated carbocycles. The van der Waals surface area contributed by atoms with Crippen LogP contribution in [-0.4, -0.2) is 153 Å². The van der Waals surface area contributed by atoms with Gasteiger partial charge in [-0.05, 0) is 12.8 Å². The highest BCUT2D eigenvalue weighted by Gasteiger charge is 2.50. The van der Waals surface area contributed by atoms with E-state index in [4.69, 9.17) is 41.9 Å². The Kier molecular flexibility index (Phi) is 11.2. The zero-order valence-electron chi connectivity index (χ0n) is 23.3. The number of rotatable bonds is 10. The van der Waals surface area contributed by atoms with Crippen molar-refractivity contribution in [1.82, 2.24) is 10.2 Å². The lowest BCUT2D eigenvalue weighted by atomic mass is 9.84. The van der Waals surface area contributed by atoms with Crippen LogP contribution in [0.1, 0.15) is 19.3 Å². The van der Waals surface area contributed by atoms with Crippen molar-refractivity contribution in [1.29, 1.82) is 0 Å². The molecule has 0 unspecified atom stereocenters. The van der Waals surface area contributed by atoms with Gasteiger partial charge in [0.15, 0.2) is 12.6 Å². The molecule has 0 aromatic carbocycles. The fraction of sp³-hybridized carbons (Fsp3) is 0.800.